The molecule has 222 valence electrons. The summed E-state index contributed by atoms with van der Waals surface area (Å²) in [6.45, 7) is 3.58. The number of carbonyl (C=O) groups excluding carboxylic acids is 1. The van der Waals surface area contributed by atoms with Gasteiger partial charge in [0.25, 0.3) is 0 Å². The van der Waals surface area contributed by atoms with Crippen molar-refractivity contribution in [2.24, 2.45) is 0 Å². The molecule has 10 nitrogen and oxygen atoms in total. The largest absolute Gasteiger partial charge is 0.445 e. The molecule has 2 aromatic rings. The number of oxazole rings is 2. The van der Waals surface area contributed by atoms with Crippen molar-refractivity contribution >= 4 is 5.97 Å². The summed E-state index contributed by atoms with van der Waals surface area (Å²) in [6, 6.07) is 0. The average Bonchev–Trinajstić information content (AvgIpc) is 3.62. The van der Waals surface area contributed by atoms with Crippen molar-refractivity contribution in [3.63, 3.8) is 0 Å². The van der Waals surface area contributed by atoms with Crippen LogP contribution in [0.15, 0.2) is 27.7 Å². The molecule has 0 aliphatic carbocycles. The van der Waals surface area contributed by atoms with Gasteiger partial charge in [-0.1, -0.05) is 84.0 Å². The molecule has 2 heterocycles. The number of aliphatic hydroxyl groups excluding tert-OH is 4. The summed E-state index contributed by atoms with van der Waals surface area (Å²) < 4.78 is 16.4. The highest BCUT2D eigenvalue weighted by Crippen LogP contribution is 2.29. The van der Waals surface area contributed by atoms with Crippen LogP contribution in [-0.4, -0.2) is 54.7 Å². The third kappa shape index (κ3) is 12.6. The smallest absolute Gasteiger partial charge is 0.307 e. The van der Waals surface area contributed by atoms with E-state index in [1.54, 1.807) is 0 Å². The van der Waals surface area contributed by atoms with Crippen molar-refractivity contribution < 1.29 is 38.8 Å². The first-order valence-corrected chi connectivity index (χ1v) is 14.6. The summed E-state index contributed by atoms with van der Waals surface area (Å²) in [5, 5.41) is 39.6. The third-order valence-electron chi connectivity index (χ3n) is 6.90. The molecule has 2 rings (SSSR count). The van der Waals surface area contributed by atoms with Crippen LogP contribution in [0.5, 0.6) is 0 Å². The van der Waals surface area contributed by atoms with Crippen LogP contribution in [0, 0.1) is 0 Å². The number of aromatic nitrogens is 2. The lowest BCUT2D eigenvalue weighted by molar-refractivity contribution is -0.149. The monoisotopic (exact) mass is 552 g/mol. The van der Waals surface area contributed by atoms with Crippen LogP contribution in [0.1, 0.15) is 140 Å². The highest BCUT2D eigenvalue weighted by atomic mass is 16.6. The molecule has 39 heavy (non-hydrogen) atoms. The average molecular weight is 553 g/mol. The minimum atomic E-state index is -1.42. The number of unbranched alkanes of at least 4 members (excludes halogenated alkanes) is 12. The molecule has 0 aliphatic rings. The van der Waals surface area contributed by atoms with Crippen molar-refractivity contribution in [2.45, 2.75) is 141 Å². The van der Waals surface area contributed by atoms with Gasteiger partial charge >= 0.3 is 5.97 Å². The number of carbonyl (C=O) groups is 1. The quantitative estimate of drug-likeness (QED) is 0.111. The van der Waals surface area contributed by atoms with Crippen LogP contribution < -0.4 is 0 Å². The van der Waals surface area contributed by atoms with E-state index in [1.807, 2.05) is 0 Å². The van der Waals surface area contributed by atoms with Gasteiger partial charge in [0.2, 0.25) is 12.0 Å². The Balaban J connectivity index is 1.72. The van der Waals surface area contributed by atoms with Crippen LogP contribution in [0.3, 0.4) is 0 Å². The zero-order chi connectivity index (χ0) is 28.5. The normalized spacial score (nSPS) is 15.5. The first-order valence-electron chi connectivity index (χ1n) is 14.6. The van der Waals surface area contributed by atoms with E-state index in [1.165, 1.54) is 90.0 Å². The maximum atomic E-state index is 12.6. The number of esters is 1. The fourth-order valence-electron chi connectivity index (χ4n) is 4.45. The summed E-state index contributed by atoms with van der Waals surface area (Å²) in [7, 11) is 0. The second-order valence-corrected chi connectivity index (χ2v) is 10.4. The third-order valence-corrected chi connectivity index (χ3v) is 6.90. The van der Waals surface area contributed by atoms with Gasteiger partial charge in [-0.2, -0.15) is 0 Å². The first-order chi connectivity index (χ1) is 18.8. The maximum absolute atomic E-state index is 12.6. The standard InChI is InChI=1S/C29H48N2O8/c1-3-4-5-6-7-8-9-10-11-12-13-14-15-16-26(35)39-28(25-18-30-20-38-25)29-31-22(19-37-29)23(33)17-24(34)27(36)21(2)32/h18-21,23-24,27-28,32-34,36H,3-17H2,1-2H3/t21?,23-,24+,27?,28-/m0/s1. The van der Waals surface area contributed by atoms with E-state index >= 15 is 0 Å². The molecule has 5 atom stereocenters. The molecule has 0 aromatic carbocycles. The molecule has 0 spiro atoms. The number of nitrogens with zero attached hydrogens (tertiary/aromatic N) is 2. The molecule has 0 bridgehead atoms. The molecular formula is C29H48N2O8. The number of hydrogen-bond acceptors (Lipinski definition) is 10. The van der Waals surface area contributed by atoms with Gasteiger partial charge in [0.05, 0.1) is 18.4 Å². The van der Waals surface area contributed by atoms with Crippen molar-refractivity contribution in [1.82, 2.24) is 9.97 Å². The highest BCUT2D eigenvalue weighted by Gasteiger charge is 2.30. The first kappa shape index (κ1) is 32.9. The van der Waals surface area contributed by atoms with Gasteiger partial charge in [-0.25, -0.2) is 9.97 Å². The SMILES string of the molecule is CCCCCCCCCCCCCCCC(=O)O[C@@H](c1cnco1)c1nc([C@@H](O)C[C@@H](O)C(O)C(C)O)co1. The van der Waals surface area contributed by atoms with Gasteiger partial charge in [0.15, 0.2) is 12.2 Å². The van der Waals surface area contributed by atoms with E-state index in [0.717, 1.165) is 19.3 Å². The van der Waals surface area contributed by atoms with E-state index in [-0.39, 0.29) is 30.2 Å². The van der Waals surface area contributed by atoms with Crippen molar-refractivity contribution in [3.05, 3.63) is 36.2 Å². The predicted octanol–water partition coefficient (Wildman–Crippen LogP) is 5.30. The molecular weight excluding hydrogens is 504 g/mol. The molecule has 0 aliphatic heterocycles. The molecule has 2 aromatic heterocycles. The lowest BCUT2D eigenvalue weighted by Crippen LogP contribution is -2.36. The Bertz CT molecular complexity index is 886. The second-order valence-electron chi connectivity index (χ2n) is 10.4. The van der Waals surface area contributed by atoms with Crippen LogP contribution >= 0.6 is 0 Å². The summed E-state index contributed by atoms with van der Waals surface area (Å²) in [5.41, 5.74) is 0.0823. The molecule has 0 amide bonds. The summed E-state index contributed by atoms with van der Waals surface area (Å²) in [4.78, 5) is 20.6. The fourth-order valence-corrected chi connectivity index (χ4v) is 4.45. The summed E-state index contributed by atoms with van der Waals surface area (Å²) >= 11 is 0. The van der Waals surface area contributed by atoms with Gasteiger partial charge in [-0.15, -0.1) is 0 Å². The minimum Gasteiger partial charge on any atom is -0.445 e. The predicted molar refractivity (Wildman–Crippen MR) is 145 cm³/mol. The summed E-state index contributed by atoms with van der Waals surface area (Å²) in [6.07, 6.45) is 13.3. The van der Waals surface area contributed by atoms with E-state index < -0.39 is 36.5 Å². The number of ether oxygens (including phenoxy) is 1. The van der Waals surface area contributed by atoms with Crippen LogP contribution in [0.2, 0.25) is 0 Å². The zero-order valence-corrected chi connectivity index (χ0v) is 23.5. The molecule has 0 saturated carbocycles. The van der Waals surface area contributed by atoms with Gasteiger partial charge in [0.1, 0.15) is 24.2 Å². The fraction of sp³-hybridized carbons (Fsp3) is 0.759. The van der Waals surface area contributed by atoms with Crippen LogP contribution in [0.25, 0.3) is 0 Å². The Morgan fingerprint density at radius 3 is 2.03 bits per heavy atom. The van der Waals surface area contributed by atoms with Crippen molar-refractivity contribution in [3.8, 4) is 0 Å². The Kier molecular flexibility index (Phi) is 16.0. The van der Waals surface area contributed by atoms with E-state index in [9.17, 15) is 25.2 Å². The summed E-state index contributed by atoms with van der Waals surface area (Å²) in [5.74, 6) is -0.207. The number of aliphatic hydroxyl groups is 4. The Morgan fingerprint density at radius 1 is 0.897 bits per heavy atom. The van der Waals surface area contributed by atoms with Crippen molar-refractivity contribution in [1.29, 1.82) is 0 Å². The molecule has 0 radical (unpaired) electrons. The molecule has 2 unspecified atom stereocenters. The number of rotatable bonds is 22. The highest BCUT2D eigenvalue weighted by molar-refractivity contribution is 5.69. The number of hydrogen-bond donors (Lipinski definition) is 4. The Hall–Kier alpha value is -2.27. The molecule has 10 heteroatoms. The van der Waals surface area contributed by atoms with Gasteiger partial charge in [-0.05, 0) is 13.3 Å². The van der Waals surface area contributed by atoms with Gasteiger partial charge in [0, 0.05) is 12.8 Å². The van der Waals surface area contributed by atoms with E-state index in [0.29, 0.717) is 0 Å². The van der Waals surface area contributed by atoms with Crippen LogP contribution in [0.4, 0.5) is 0 Å². The van der Waals surface area contributed by atoms with Gasteiger partial charge < -0.3 is 34.0 Å². The topological polar surface area (TPSA) is 159 Å². The van der Waals surface area contributed by atoms with Crippen molar-refractivity contribution in [2.75, 3.05) is 0 Å². The lowest BCUT2D eigenvalue weighted by Gasteiger charge is -2.21. The van der Waals surface area contributed by atoms with Crippen LogP contribution in [-0.2, 0) is 9.53 Å². The Labute approximate surface area is 231 Å². The molecule has 4 N–H and O–H groups in total. The molecule has 0 fully saturated rings. The van der Waals surface area contributed by atoms with E-state index in [2.05, 4.69) is 16.9 Å². The second kappa shape index (κ2) is 18.9. The minimum absolute atomic E-state index is 0.00919. The van der Waals surface area contributed by atoms with E-state index in [4.69, 9.17) is 13.6 Å². The lowest BCUT2D eigenvalue weighted by atomic mass is 10.0. The Morgan fingerprint density at radius 2 is 1.49 bits per heavy atom. The maximum Gasteiger partial charge on any atom is 0.307 e. The zero-order valence-electron chi connectivity index (χ0n) is 23.5. The molecule has 0 saturated heterocycles. The van der Waals surface area contributed by atoms with Gasteiger partial charge in [-0.3, -0.25) is 4.79 Å².